The van der Waals surface area contributed by atoms with Crippen LogP contribution in [0.1, 0.15) is 47.1 Å². The summed E-state index contributed by atoms with van der Waals surface area (Å²) in [5.41, 5.74) is -0.509. The molecule has 8 heteroatoms. The number of hydrogen-bond acceptors (Lipinski definition) is 5. The van der Waals surface area contributed by atoms with Gasteiger partial charge in [-0.3, -0.25) is 9.13 Å². The summed E-state index contributed by atoms with van der Waals surface area (Å²) in [5, 5.41) is 9.95. The fourth-order valence-corrected chi connectivity index (χ4v) is 6.44. The fraction of sp³-hybridized carbons (Fsp3) is 0.750. The van der Waals surface area contributed by atoms with E-state index < -0.39 is 12.4 Å². The number of nitrogens with zero attached hydrogens (tertiary/aromatic N) is 2. The molecule has 0 aliphatic carbocycles. The van der Waals surface area contributed by atoms with E-state index in [1.54, 1.807) is 20.8 Å². The van der Waals surface area contributed by atoms with Gasteiger partial charge in [0.1, 0.15) is 0 Å². The van der Waals surface area contributed by atoms with Gasteiger partial charge >= 0.3 is 12.4 Å². The van der Waals surface area contributed by atoms with Crippen LogP contribution < -0.4 is 5.69 Å². The Kier molecular flexibility index (Phi) is 5.98. The van der Waals surface area contributed by atoms with Crippen LogP contribution in [0.2, 0.25) is 0 Å². The van der Waals surface area contributed by atoms with E-state index in [4.69, 9.17) is 4.52 Å². The maximum atomic E-state index is 13.0. The molecule has 1 heterocycles. The van der Waals surface area contributed by atoms with Crippen LogP contribution in [0.25, 0.3) is 0 Å². The maximum Gasteiger partial charge on any atom is 0.361 e. The standard InChI is InChI=1S/C12H23N2O4PS/c1-6-10(5)20-19(17,18-7-2)13-8-11(15)14(9(3)4)12(13)16/h8-10,15H,6-7H2,1-5H3. The zero-order chi connectivity index (χ0) is 15.5. The van der Waals surface area contributed by atoms with Gasteiger partial charge in [0.25, 0.3) is 0 Å². The molecule has 2 atom stereocenters. The highest BCUT2D eigenvalue weighted by Gasteiger charge is 2.32. The Morgan fingerprint density at radius 2 is 2.00 bits per heavy atom. The smallest absolute Gasteiger partial charge is 0.361 e. The van der Waals surface area contributed by atoms with Crippen molar-refractivity contribution in [1.29, 1.82) is 0 Å². The van der Waals surface area contributed by atoms with E-state index in [0.29, 0.717) is 0 Å². The molecule has 0 saturated carbocycles. The van der Waals surface area contributed by atoms with E-state index in [1.165, 1.54) is 10.8 Å². The molecular formula is C12H23N2O4PS. The van der Waals surface area contributed by atoms with Gasteiger partial charge in [-0.25, -0.2) is 9.13 Å². The zero-order valence-corrected chi connectivity index (χ0v) is 14.3. The van der Waals surface area contributed by atoms with Crippen molar-refractivity contribution >= 4 is 18.1 Å². The van der Waals surface area contributed by atoms with Gasteiger partial charge in [0.2, 0.25) is 5.88 Å². The first-order valence-corrected chi connectivity index (χ1v) is 9.79. The minimum Gasteiger partial charge on any atom is -0.493 e. The van der Waals surface area contributed by atoms with Crippen molar-refractivity contribution in [3.8, 4) is 5.88 Å². The summed E-state index contributed by atoms with van der Waals surface area (Å²) in [6.07, 6.45) is 2.02. The summed E-state index contributed by atoms with van der Waals surface area (Å²) in [7, 11) is 0. The molecule has 0 aliphatic rings. The van der Waals surface area contributed by atoms with E-state index >= 15 is 0 Å². The summed E-state index contributed by atoms with van der Waals surface area (Å²) >= 11 is 1.14. The molecule has 0 bridgehead atoms. The van der Waals surface area contributed by atoms with Gasteiger partial charge < -0.3 is 9.63 Å². The molecular weight excluding hydrogens is 299 g/mol. The predicted octanol–water partition coefficient (Wildman–Crippen LogP) is 3.46. The minimum atomic E-state index is -3.39. The topological polar surface area (TPSA) is 73.5 Å². The van der Waals surface area contributed by atoms with Crippen molar-refractivity contribution in [2.45, 2.75) is 52.3 Å². The zero-order valence-electron chi connectivity index (χ0n) is 12.6. The summed E-state index contributed by atoms with van der Waals surface area (Å²) in [6, 6.07) is -0.215. The number of rotatable bonds is 7. The van der Waals surface area contributed by atoms with Gasteiger partial charge in [-0.05, 0) is 38.6 Å². The first-order chi connectivity index (χ1) is 9.26. The van der Waals surface area contributed by atoms with Gasteiger partial charge in [-0.15, -0.1) is 0 Å². The summed E-state index contributed by atoms with van der Waals surface area (Å²) in [6.45, 7) is 6.04. The second-order valence-electron chi connectivity index (χ2n) is 4.79. The Morgan fingerprint density at radius 1 is 1.40 bits per heavy atom. The predicted molar refractivity (Wildman–Crippen MR) is 82.7 cm³/mol. The van der Waals surface area contributed by atoms with Gasteiger partial charge in [0.15, 0.2) is 0 Å². The monoisotopic (exact) mass is 322 g/mol. The van der Waals surface area contributed by atoms with Crippen LogP contribution in [0.3, 0.4) is 0 Å². The Hall–Kier alpha value is -0.650. The van der Waals surface area contributed by atoms with E-state index in [9.17, 15) is 14.5 Å². The lowest BCUT2D eigenvalue weighted by molar-refractivity contribution is 0.338. The third kappa shape index (κ3) is 3.51. The molecule has 1 N–H and O–H groups in total. The highest BCUT2D eigenvalue weighted by atomic mass is 32.7. The molecule has 0 spiro atoms. The Bertz CT molecular complexity index is 552. The molecule has 0 aliphatic heterocycles. The highest BCUT2D eigenvalue weighted by molar-refractivity contribution is 8.56. The number of imidazole rings is 1. The Labute approximate surface area is 123 Å². The van der Waals surface area contributed by atoms with E-state index in [2.05, 4.69) is 0 Å². The second kappa shape index (κ2) is 6.87. The normalized spacial score (nSPS) is 16.3. The molecule has 2 unspecified atom stereocenters. The third-order valence-corrected chi connectivity index (χ3v) is 7.93. The quantitative estimate of drug-likeness (QED) is 0.778. The molecule has 1 aromatic rings. The van der Waals surface area contributed by atoms with Gasteiger partial charge in [-0.2, -0.15) is 0 Å². The lowest BCUT2D eigenvalue weighted by Crippen LogP contribution is -2.24. The van der Waals surface area contributed by atoms with E-state index in [1.807, 2.05) is 13.8 Å². The Balaban J connectivity index is 3.33. The SMILES string of the molecule is CCOP(=O)(SC(C)CC)n1cc(O)n(C(C)C)c1=O. The molecule has 116 valence electrons. The van der Waals surface area contributed by atoms with Crippen molar-refractivity contribution in [2.24, 2.45) is 0 Å². The average molecular weight is 322 g/mol. The summed E-state index contributed by atoms with van der Waals surface area (Å²) in [4.78, 5) is 12.3. The maximum absolute atomic E-state index is 13.0. The second-order valence-corrected chi connectivity index (χ2v) is 9.45. The number of hydrogen-bond donors (Lipinski definition) is 1. The third-order valence-electron chi connectivity index (χ3n) is 2.85. The van der Waals surface area contributed by atoms with E-state index in [0.717, 1.165) is 22.1 Å². The molecule has 1 aromatic heterocycles. The number of aromatic hydroxyl groups is 1. The lowest BCUT2D eigenvalue weighted by atomic mass is 10.4. The van der Waals surface area contributed by atoms with Crippen molar-refractivity contribution < 1.29 is 14.2 Å². The lowest BCUT2D eigenvalue weighted by Gasteiger charge is -2.20. The molecule has 0 aromatic carbocycles. The van der Waals surface area contributed by atoms with Crippen LogP contribution in [-0.2, 0) is 9.09 Å². The van der Waals surface area contributed by atoms with Crippen LogP contribution in [-0.4, -0.2) is 25.9 Å². The average Bonchev–Trinajstić information content (AvgIpc) is 2.65. The van der Waals surface area contributed by atoms with Crippen LogP contribution in [0, 0.1) is 0 Å². The van der Waals surface area contributed by atoms with Crippen LogP contribution in [0.15, 0.2) is 11.0 Å². The molecule has 20 heavy (non-hydrogen) atoms. The van der Waals surface area contributed by atoms with Crippen molar-refractivity contribution in [2.75, 3.05) is 6.61 Å². The van der Waals surface area contributed by atoms with Gasteiger partial charge in [0, 0.05) is 11.3 Å². The first-order valence-electron chi connectivity index (χ1n) is 6.73. The van der Waals surface area contributed by atoms with Gasteiger partial charge in [-0.1, -0.05) is 13.8 Å². The molecule has 6 nitrogen and oxygen atoms in total. The highest BCUT2D eigenvalue weighted by Crippen LogP contribution is 2.62. The van der Waals surface area contributed by atoms with Crippen LogP contribution in [0.4, 0.5) is 0 Å². The molecule has 0 amide bonds. The van der Waals surface area contributed by atoms with Crippen LogP contribution in [0.5, 0.6) is 5.88 Å². The number of aromatic nitrogens is 2. The minimum absolute atomic E-state index is 0.0869. The van der Waals surface area contributed by atoms with E-state index in [-0.39, 0.29) is 23.8 Å². The molecule has 1 rings (SSSR count). The molecule has 0 saturated heterocycles. The molecule has 0 radical (unpaired) electrons. The largest absolute Gasteiger partial charge is 0.493 e. The molecule has 0 fully saturated rings. The van der Waals surface area contributed by atoms with Crippen molar-refractivity contribution in [3.05, 3.63) is 16.7 Å². The Morgan fingerprint density at radius 3 is 2.40 bits per heavy atom. The van der Waals surface area contributed by atoms with Gasteiger partial charge in [0.05, 0.1) is 12.8 Å². The van der Waals surface area contributed by atoms with Crippen molar-refractivity contribution in [1.82, 2.24) is 8.90 Å². The first kappa shape index (κ1) is 17.4. The summed E-state index contributed by atoms with van der Waals surface area (Å²) in [5.74, 6) is -0.199. The fourth-order valence-electron chi connectivity index (χ4n) is 1.70. The van der Waals surface area contributed by atoms with Crippen molar-refractivity contribution in [3.63, 3.8) is 0 Å². The summed E-state index contributed by atoms with van der Waals surface area (Å²) < 4.78 is 20.6. The van der Waals surface area contributed by atoms with Crippen LogP contribution >= 0.6 is 18.1 Å².